The number of ether oxygens (including phenoxy) is 3. The van der Waals surface area contributed by atoms with E-state index >= 15 is 0 Å². The highest BCUT2D eigenvalue weighted by molar-refractivity contribution is 8.00. The normalized spacial score (nSPS) is 13.3. The molecule has 6 rings (SSSR count). The van der Waals surface area contributed by atoms with Crippen molar-refractivity contribution in [2.45, 2.75) is 23.6 Å². The Balaban J connectivity index is 1.22. The van der Waals surface area contributed by atoms with E-state index in [0.29, 0.717) is 17.4 Å². The van der Waals surface area contributed by atoms with Crippen LogP contribution in [0.2, 0.25) is 0 Å². The van der Waals surface area contributed by atoms with Gasteiger partial charge in [-0.2, -0.15) is 0 Å². The van der Waals surface area contributed by atoms with Crippen molar-refractivity contribution in [1.29, 1.82) is 0 Å². The van der Waals surface area contributed by atoms with Crippen molar-refractivity contribution in [2.24, 2.45) is 0 Å². The standard InChI is InChI=1S/C25H20N2O4S3/c1-32-24-20-16(8-10-19-21(20)27-22(33-19)15-5-3-2-4-6-15)23(34-24)31-25(28)26-12-14-7-9-17-18(11-14)30-13-29-17/h2-7,9,11H,8,10,12-13H2,1H3,(H,26,28). The van der Waals surface area contributed by atoms with Gasteiger partial charge in [-0.05, 0) is 36.8 Å². The number of aromatic nitrogens is 1. The molecule has 2 aromatic carbocycles. The number of benzene rings is 2. The lowest BCUT2D eigenvalue weighted by Crippen LogP contribution is -2.26. The zero-order valence-electron chi connectivity index (χ0n) is 18.3. The molecule has 2 aromatic heterocycles. The molecule has 0 spiro atoms. The van der Waals surface area contributed by atoms with Gasteiger partial charge in [0, 0.05) is 28.1 Å². The van der Waals surface area contributed by atoms with Crippen LogP contribution in [0, 0.1) is 0 Å². The number of carbonyl (C=O) groups is 1. The van der Waals surface area contributed by atoms with E-state index in [1.54, 1.807) is 23.1 Å². The van der Waals surface area contributed by atoms with Crippen LogP contribution in [0.15, 0.2) is 52.7 Å². The van der Waals surface area contributed by atoms with Crippen LogP contribution >= 0.6 is 34.4 Å². The van der Waals surface area contributed by atoms with Crippen molar-refractivity contribution in [3.63, 3.8) is 0 Å². The number of amides is 1. The summed E-state index contributed by atoms with van der Waals surface area (Å²) in [5.41, 5.74) is 5.27. The van der Waals surface area contributed by atoms with Crippen LogP contribution < -0.4 is 19.5 Å². The van der Waals surface area contributed by atoms with Crippen molar-refractivity contribution in [3.8, 4) is 38.4 Å². The molecule has 0 saturated heterocycles. The smallest absolute Gasteiger partial charge is 0.413 e. The van der Waals surface area contributed by atoms with Gasteiger partial charge in [0.05, 0.1) is 9.90 Å². The first kappa shape index (κ1) is 21.5. The first-order valence-corrected chi connectivity index (χ1v) is 13.6. The van der Waals surface area contributed by atoms with Crippen LogP contribution in [-0.2, 0) is 19.4 Å². The summed E-state index contributed by atoms with van der Waals surface area (Å²) in [5, 5.41) is 4.53. The lowest BCUT2D eigenvalue weighted by atomic mass is 9.97. The van der Waals surface area contributed by atoms with E-state index in [-0.39, 0.29) is 6.79 Å². The van der Waals surface area contributed by atoms with Crippen molar-refractivity contribution in [2.75, 3.05) is 13.0 Å². The number of fused-ring (bicyclic) bond motifs is 4. The summed E-state index contributed by atoms with van der Waals surface area (Å²) in [5.74, 6) is 1.41. The zero-order valence-corrected chi connectivity index (χ0v) is 20.7. The fourth-order valence-electron chi connectivity index (χ4n) is 4.12. The number of nitrogens with one attached hydrogen (secondary N) is 1. The first-order chi connectivity index (χ1) is 16.7. The number of hydrogen-bond donors (Lipinski definition) is 1. The second kappa shape index (κ2) is 8.98. The Hall–Kier alpha value is -3.01. The van der Waals surface area contributed by atoms with Crippen molar-refractivity contribution in [3.05, 3.63) is 64.5 Å². The molecule has 0 atom stereocenters. The van der Waals surface area contributed by atoms with Gasteiger partial charge in [-0.25, -0.2) is 9.78 Å². The predicted octanol–water partition coefficient (Wildman–Crippen LogP) is 6.38. The Bertz CT molecular complexity index is 1380. The van der Waals surface area contributed by atoms with Gasteiger partial charge in [0.2, 0.25) is 6.79 Å². The number of hydrogen-bond acceptors (Lipinski definition) is 8. The van der Waals surface area contributed by atoms with Crippen LogP contribution in [0.1, 0.15) is 16.0 Å². The molecule has 0 bridgehead atoms. The van der Waals surface area contributed by atoms with Crippen molar-refractivity contribution in [1.82, 2.24) is 10.3 Å². The predicted molar refractivity (Wildman–Crippen MR) is 135 cm³/mol. The molecule has 1 aliphatic heterocycles. The Labute approximate surface area is 208 Å². The monoisotopic (exact) mass is 508 g/mol. The zero-order chi connectivity index (χ0) is 23.1. The lowest BCUT2D eigenvalue weighted by molar-refractivity contribution is 0.174. The topological polar surface area (TPSA) is 69.7 Å². The van der Waals surface area contributed by atoms with E-state index in [9.17, 15) is 4.79 Å². The molecule has 1 aliphatic carbocycles. The summed E-state index contributed by atoms with van der Waals surface area (Å²) >= 11 is 4.94. The number of carbonyl (C=O) groups excluding carboxylic acids is 1. The fraction of sp³-hybridized carbons (Fsp3) is 0.200. The van der Waals surface area contributed by atoms with Gasteiger partial charge in [0.1, 0.15) is 5.01 Å². The SMILES string of the molecule is CSc1sc(OC(=O)NCc2ccc3c(c2)OCO3)c2c1-c1nc(-c3ccccc3)sc1CC2. The maximum Gasteiger partial charge on any atom is 0.413 e. The quantitative estimate of drug-likeness (QED) is 0.316. The minimum atomic E-state index is -0.469. The van der Waals surface area contributed by atoms with E-state index in [1.807, 2.05) is 42.7 Å². The van der Waals surface area contributed by atoms with Crippen molar-refractivity contribution >= 4 is 40.5 Å². The summed E-state index contributed by atoms with van der Waals surface area (Å²) < 4.78 is 17.7. The molecular formula is C25H20N2O4S3. The number of rotatable bonds is 5. The van der Waals surface area contributed by atoms with Gasteiger partial charge in [-0.3, -0.25) is 0 Å². The average molecular weight is 509 g/mol. The minimum Gasteiger partial charge on any atom is -0.454 e. The van der Waals surface area contributed by atoms with Crippen LogP contribution in [0.3, 0.4) is 0 Å². The number of thiazole rings is 1. The van der Waals surface area contributed by atoms with E-state index in [1.165, 1.54) is 16.2 Å². The van der Waals surface area contributed by atoms with Crippen LogP contribution in [-0.4, -0.2) is 24.1 Å². The van der Waals surface area contributed by atoms with Gasteiger partial charge in [0.25, 0.3) is 0 Å². The van der Waals surface area contributed by atoms with E-state index in [0.717, 1.165) is 55.8 Å². The van der Waals surface area contributed by atoms with Gasteiger partial charge >= 0.3 is 6.09 Å². The van der Waals surface area contributed by atoms with Gasteiger partial charge in [-0.15, -0.1) is 23.1 Å². The van der Waals surface area contributed by atoms with E-state index < -0.39 is 6.09 Å². The van der Waals surface area contributed by atoms with Gasteiger partial charge < -0.3 is 19.5 Å². The Morgan fingerprint density at radius 3 is 2.82 bits per heavy atom. The summed E-state index contributed by atoms with van der Waals surface area (Å²) in [7, 11) is 0. The molecule has 0 radical (unpaired) electrons. The molecule has 0 saturated carbocycles. The molecule has 2 aliphatic rings. The Morgan fingerprint density at radius 2 is 1.97 bits per heavy atom. The third-order valence-corrected chi connectivity index (χ3v) is 9.13. The van der Waals surface area contributed by atoms with Gasteiger partial charge in [0.15, 0.2) is 16.6 Å². The van der Waals surface area contributed by atoms with Crippen LogP contribution in [0.4, 0.5) is 4.79 Å². The average Bonchev–Trinajstić information content (AvgIpc) is 3.59. The highest BCUT2D eigenvalue weighted by atomic mass is 32.2. The molecule has 172 valence electrons. The second-order valence-corrected chi connectivity index (χ2v) is 11.0. The molecule has 34 heavy (non-hydrogen) atoms. The molecule has 0 unspecified atom stereocenters. The Kier molecular flexibility index (Phi) is 5.68. The maximum absolute atomic E-state index is 12.6. The van der Waals surface area contributed by atoms with Crippen LogP contribution in [0.5, 0.6) is 16.6 Å². The molecular weight excluding hydrogens is 488 g/mol. The first-order valence-electron chi connectivity index (χ1n) is 10.8. The number of thioether (sulfide) groups is 1. The second-order valence-electron chi connectivity index (χ2n) is 7.82. The highest BCUT2D eigenvalue weighted by Crippen LogP contribution is 2.51. The lowest BCUT2D eigenvalue weighted by Gasteiger charge is -2.13. The molecule has 1 N–H and O–H groups in total. The van der Waals surface area contributed by atoms with E-state index in [2.05, 4.69) is 17.4 Å². The summed E-state index contributed by atoms with van der Waals surface area (Å²) in [6, 6.07) is 15.9. The number of thiophene rings is 1. The maximum atomic E-state index is 12.6. The van der Waals surface area contributed by atoms with Crippen molar-refractivity contribution < 1.29 is 19.0 Å². The molecule has 6 nitrogen and oxygen atoms in total. The summed E-state index contributed by atoms with van der Waals surface area (Å²) in [6.45, 7) is 0.568. The van der Waals surface area contributed by atoms with E-state index in [4.69, 9.17) is 19.2 Å². The third-order valence-electron chi connectivity index (χ3n) is 5.74. The summed E-state index contributed by atoms with van der Waals surface area (Å²) in [6.07, 6.45) is 3.31. The molecule has 3 heterocycles. The fourth-order valence-corrected chi connectivity index (χ4v) is 7.11. The molecule has 0 fully saturated rings. The number of nitrogens with zero attached hydrogens (tertiary/aromatic N) is 1. The largest absolute Gasteiger partial charge is 0.454 e. The minimum absolute atomic E-state index is 0.225. The van der Waals surface area contributed by atoms with Crippen LogP contribution in [0.25, 0.3) is 21.8 Å². The molecule has 4 aromatic rings. The molecule has 1 amide bonds. The third kappa shape index (κ3) is 3.93. The Morgan fingerprint density at radius 1 is 1.12 bits per heavy atom. The van der Waals surface area contributed by atoms with Gasteiger partial charge in [-0.1, -0.05) is 47.7 Å². The highest BCUT2D eigenvalue weighted by Gasteiger charge is 2.30. The molecule has 9 heteroatoms. The number of aryl methyl sites for hydroxylation is 1. The summed E-state index contributed by atoms with van der Waals surface area (Å²) in [4.78, 5) is 18.9.